The van der Waals surface area contributed by atoms with E-state index in [0.717, 1.165) is 13.1 Å². The van der Waals surface area contributed by atoms with Gasteiger partial charge >= 0.3 is 0 Å². The van der Waals surface area contributed by atoms with E-state index >= 15 is 0 Å². The van der Waals surface area contributed by atoms with Crippen LogP contribution >= 0.6 is 0 Å². The summed E-state index contributed by atoms with van der Waals surface area (Å²) in [5, 5.41) is 2.94. The van der Waals surface area contributed by atoms with Crippen molar-refractivity contribution in [3.63, 3.8) is 0 Å². The van der Waals surface area contributed by atoms with E-state index in [1.54, 1.807) is 0 Å². The Morgan fingerprint density at radius 3 is 2.67 bits per heavy atom. The minimum absolute atomic E-state index is 0.145. The van der Waals surface area contributed by atoms with Gasteiger partial charge in [0.25, 0.3) is 0 Å². The molecule has 4 heteroatoms. The number of nitrogens with one attached hydrogen (secondary N) is 1. The number of hydrogen-bond acceptors (Lipinski definition) is 3. The molecule has 1 heterocycles. The highest BCUT2D eigenvalue weighted by Crippen LogP contribution is 2.26. The molecule has 0 radical (unpaired) electrons. The second-order valence-electron chi connectivity index (χ2n) is 6.09. The van der Waals surface area contributed by atoms with E-state index in [1.165, 1.54) is 6.42 Å². The van der Waals surface area contributed by atoms with Crippen LogP contribution in [0, 0.1) is 11.8 Å². The molecule has 3 N–H and O–H groups in total. The number of rotatable bonds is 5. The van der Waals surface area contributed by atoms with E-state index in [-0.39, 0.29) is 11.9 Å². The third-order valence-electron chi connectivity index (χ3n) is 3.76. The zero-order valence-corrected chi connectivity index (χ0v) is 12.3. The lowest BCUT2D eigenvalue weighted by Gasteiger charge is -2.42. The highest BCUT2D eigenvalue weighted by molar-refractivity contribution is 5.76. The monoisotopic (exact) mass is 255 g/mol. The molecule has 1 rings (SSSR count). The van der Waals surface area contributed by atoms with Gasteiger partial charge in [0.1, 0.15) is 0 Å². The van der Waals surface area contributed by atoms with Crippen LogP contribution in [0.5, 0.6) is 0 Å². The van der Waals surface area contributed by atoms with Crippen molar-refractivity contribution in [3.8, 4) is 0 Å². The van der Waals surface area contributed by atoms with Gasteiger partial charge in [0, 0.05) is 38.1 Å². The summed E-state index contributed by atoms with van der Waals surface area (Å²) >= 11 is 0. The minimum atomic E-state index is 0.145. The molecule has 0 bridgehead atoms. The predicted octanol–water partition coefficient (Wildman–Crippen LogP) is 1.21. The van der Waals surface area contributed by atoms with E-state index in [2.05, 4.69) is 24.1 Å². The largest absolute Gasteiger partial charge is 0.354 e. The Kier molecular flexibility index (Phi) is 6.09. The van der Waals surface area contributed by atoms with Crippen LogP contribution in [0.2, 0.25) is 0 Å². The number of piperidine rings is 1. The van der Waals surface area contributed by atoms with E-state index in [4.69, 9.17) is 5.73 Å². The minimum Gasteiger partial charge on any atom is -0.354 e. The predicted molar refractivity (Wildman–Crippen MR) is 75.3 cm³/mol. The van der Waals surface area contributed by atoms with Gasteiger partial charge in [-0.3, -0.25) is 9.69 Å². The zero-order chi connectivity index (χ0) is 13.7. The van der Waals surface area contributed by atoms with Gasteiger partial charge in [-0.15, -0.1) is 0 Å². The van der Waals surface area contributed by atoms with E-state index in [1.807, 2.05) is 13.8 Å². The molecular weight excluding hydrogens is 226 g/mol. The summed E-state index contributed by atoms with van der Waals surface area (Å²) in [7, 11) is 0. The van der Waals surface area contributed by atoms with E-state index in [9.17, 15) is 4.79 Å². The Morgan fingerprint density at radius 2 is 2.11 bits per heavy atom. The second kappa shape index (κ2) is 7.10. The van der Waals surface area contributed by atoms with Crippen LogP contribution in [-0.2, 0) is 4.79 Å². The van der Waals surface area contributed by atoms with Crippen LogP contribution in [0.25, 0.3) is 0 Å². The number of carbonyl (C=O) groups excluding carboxylic acids is 1. The van der Waals surface area contributed by atoms with E-state index < -0.39 is 0 Å². The second-order valence-corrected chi connectivity index (χ2v) is 6.09. The maximum Gasteiger partial charge on any atom is 0.221 e. The first-order valence-electron chi connectivity index (χ1n) is 7.17. The van der Waals surface area contributed by atoms with Gasteiger partial charge in [-0.05, 0) is 32.1 Å². The highest BCUT2D eigenvalue weighted by Gasteiger charge is 2.30. The summed E-state index contributed by atoms with van der Waals surface area (Å²) in [6, 6.07) is 0.662. The third-order valence-corrected chi connectivity index (χ3v) is 3.76. The van der Waals surface area contributed by atoms with Crippen LogP contribution in [0.4, 0.5) is 0 Å². The Balaban J connectivity index is 2.45. The fourth-order valence-electron chi connectivity index (χ4n) is 3.04. The maximum atomic E-state index is 11.7. The van der Waals surface area contributed by atoms with Crippen LogP contribution < -0.4 is 11.1 Å². The van der Waals surface area contributed by atoms with Crippen LogP contribution in [0.15, 0.2) is 0 Å². The van der Waals surface area contributed by atoms with Crippen molar-refractivity contribution in [2.45, 2.75) is 52.6 Å². The summed E-state index contributed by atoms with van der Waals surface area (Å²) in [6.45, 7) is 11.1. The topological polar surface area (TPSA) is 58.4 Å². The van der Waals surface area contributed by atoms with Crippen LogP contribution in [-0.4, -0.2) is 42.5 Å². The normalized spacial score (nSPS) is 29.6. The summed E-state index contributed by atoms with van der Waals surface area (Å²) < 4.78 is 0. The SMILES string of the molecule is CC1CC(C)C(CN)N(CCC(=O)NC(C)C)C1. The molecule has 0 aromatic heterocycles. The Morgan fingerprint density at radius 1 is 1.44 bits per heavy atom. The lowest BCUT2D eigenvalue weighted by atomic mass is 9.85. The van der Waals surface area contributed by atoms with Crippen molar-refractivity contribution in [1.82, 2.24) is 10.2 Å². The van der Waals surface area contributed by atoms with Gasteiger partial charge in [-0.2, -0.15) is 0 Å². The van der Waals surface area contributed by atoms with Gasteiger partial charge in [0.2, 0.25) is 5.91 Å². The van der Waals surface area contributed by atoms with Crippen molar-refractivity contribution in [2.24, 2.45) is 17.6 Å². The van der Waals surface area contributed by atoms with Gasteiger partial charge in [0.15, 0.2) is 0 Å². The highest BCUT2D eigenvalue weighted by atomic mass is 16.1. The molecular formula is C14H29N3O. The quantitative estimate of drug-likeness (QED) is 0.776. The zero-order valence-electron chi connectivity index (χ0n) is 12.3. The molecule has 0 saturated carbocycles. The molecule has 0 aromatic carbocycles. The van der Waals surface area contributed by atoms with Crippen molar-refractivity contribution in [3.05, 3.63) is 0 Å². The molecule has 1 aliphatic heterocycles. The first kappa shape index (κ1) is 15.4. The summed E-state index contributed by atoms with van der Waals surface area (Å²) in [4.78, 5) is 14.1. The first-order chi connectivity index (χ1) is 8.43. The molecule has 1 fully saturated rings. The lowest BCUT2D eigenvalue weighted by Crippen LogP contribution is -2.51. The molecule has 18 heavy (non-hydrogen) atoms. The number of likely N-dealkylation sites (tertiary alicyclic amines) is 1. The molecule has 0 aromatic rings. The maximum absolute atomic E-state index is 11.7. The van der Waals surface area contributed by atoms with Gasteiger partial charge in [0.05, 0.1) is 0 Å². The Bertz CT molecular complexity index is 268. The van der Waals surface area contributed by atoms with Gasteiger partial charge in [-0.25, -0.2) is 0 Å². The van der Waals surface area contributed by atoms with Gasteiger partial charge in [-0.1, -0.05) is 13.8 Å². The third kappa shape index (κ3) is 4.58. The van der Waals surface area contributed by atoms with E-state index in [0.29, 0.717) is 30.8 Å². The smallest absolute Gasteiger partial charge is 0.221 e. The fourth-order valence-corrected chi connectivity index (χ4v) is 3.04. The average molecular weight is 255 g/mol. The molecule has 1 aliphatic rings. The lowest BCUT2D eigenvalue weighted by molar-refractivity contribution is -0.122. The molecule has 3 unspecified atom stereocenters. The molecule has 0 spiro atoms. The molecule has 0 aliphatic carbocycles. The standard InChI is InChI=1S/C14H29N3O/c1-10(2)16-14(18)5-6-17-9-11(3)7-12(4)13(17)8-15/h10-13H,5-9,15H2,1-4H3,(H,16,18). The number of amides is 1. The summed E-state index contributed by atoms with van der Waals surface area (Å²) in [5.41, 5.74) is 5.87. The van der Waals surface area contributed by atoms with Gasteiger partial charge < -0.3 is 11.1 Å². The van der Waals surface area contributed by atoms with Crippen molar-refractivity contribution in [1.29, 1.82) is 0 Å². The van der Waals surface area contributed by atoms with Crippen molar-refractivity contribution in [2.75, 3.05) is 19.6 Å². The van der Waals surface area contributed by atoms with Crippen LogP contribution in [0.1, 0.15) is 40.5 Å². The number of hydrogen-bond donors (Lipinski definition) is 2. The first-order valence-corrected chi connectivity index (χ1v) is 7.17. The summed E-state index contributed by atoms with van der Waals surface area (Å²) in [6.07, 6.45) is 1.82. The fraction of sp³-hybridized carbons (Fsp3) is 0.929. The molecule has 1 saturated heterocycles. The average Bonchev–Trinajstić information content (AvgIpc) is 2.24. The number of nitrogens with zero attached hydrogens (tertiary/aromatic N) is 1. The number of carbonyl (C=O) groups is 1. The van der Waals surface area contributed by atoms with Crippen molar-refractivity contribution >= 4 is 5.91 Å². The summed E-state index contributed by atoms with van der Waals surface area (Å²) in [5.74, 6) is 1.48. The Labute approximate surface area is 111 Å². The number of nitrogens with two attached hydrogens (primary N) is 1. The Hall–Kier alpha value is -0.610. The molecule has 4 nitrogen and oxygen atoms in total. The van der Waals surface area contributed by atoms with Crippen molar-refractivity contribution < 1.29 is 4.79 Å². The molecule has 106 valence electrons. The molecule has 1 amide bonds. The molecule has 3 atom stereocenters. The van der Waals surface area contributed by atoms with Crippen LogP contribution in [0.3, 0.4) is 0 Å².